The fourth-order valence-electron chi connectivity index (χ4n) is 2.67. The van der Waals surface area contributed by atoms with Gasteiger partial charge in [0.25, 0.3) is 0 Å². The number of halogens is 2. The fourth-order valence-corrected chi connectivity index (χ4v) is 3.12. The second-order valence-electron chi connectivity index (χ2n) is 5.33. The maximum absolute atomic E-state index is 6.33. The standard InChI is InChI=1S/C17H19Cl2N/c1-10-7-11(2)14(12(3)8-10)9-16(20)13-5-4-6-15(18)17(13)19/h4-8,16H,9,20H2,1-3H3. The van der Waals surface area contributed by atoms with Gasteiger partial charge in [0.05, 0.1) is 10.0 Å². The Morgan fingerprint density at radius 1 is 1.05 bits per heavy atom. The first-order chi connectivity index (χ1) is 9.40. The van der Waals surface area contributed by atoms with Crippen LogP contribution in [0.1, 0.15) is 33.9 Å². The van der Waals surface area contributed by atoms with Crippen LogP contribution in [0.2, 0.25) is 10.0 Å². The van der Waals surface area contributed by atoms with Crippen molar-refractivity contribution in [2.45, 2.75) is 33.2 Å². The van der Waals surface area contributed by atoms with Gasteiger partial charge < -0.3 is 5.73 Å². The highest BCUT2D eigenvalue weighted by Crippen LogP contribution is 2.31. The molecule has 1 atom stereocenters. The molecule has 0 spiro atoms. The zero-order valence-electron chi connectivity index (χ0n) is 12.0. The lowest BCUT2D eigenvalue weighted by molar-refractivity contribution is 0.715. The largest absolute Gasteiger partial charge is 0.324 e. The average Bonchev–Trinajstić information content (AvgIpc) is 2.36. The summed E-state index contributed by atoms with van der Waals surface area (Å²) in [5, 5.41) is 1.11. The van der Waals surface area contributed by atoms with Gasteiger partial charge in [-0.25, -0.2) is 0 Å². The Kier molecular flexibility index (Phi) is 4.74. The minimum Gasteiger partial charge on any atom is -0.324 e. The summed E-state index contributed by atoms with van der Waals surface area (Å²) in [5.41, 5.74) is 12.3. The summed E-state index contributed by atoms with van der Waals surface area (Å²) >= 11 is 12.3. The second kappa shape index (κ2) is 6.17. The molecule has 0 aromatic heterocycles. The van der Waals surface area contributed by atoms with Gasteiger partial charge in [0.2, 0.25) is 0 Å². The Labute approximate surface area is 130 Å². The van der Waals surface area contributed by atoms with Crippen molar-refractivity contribution in [3.05, 3.63) is 68.2 Å². The van der Waals surface area contributed by atoms with Crippen molar-refractivity contribution in [1.29, 1.82) is 0 Å². The van der Waals surface area contributed by atoms with Gasteiger partial charge in [-0.1, -0.05) is 53.0 Å². The summed E-state index contributed by atoms with van der Waals surface area (Å²) in [5.74, 6) is 0. The van der Waals surface area contributed by atoms with E-state index in [1.807, 2.05) is 12.1 Å². The number of rotatable bonds is 3. The molecule has 0 aliphatic heterocycles. The van der Waals surface area contributed by atoms with E-state index in [0.717, 1.165) is 12.0 Å². The Morgan fingerprint density at radius 2 is 1.65 bits per heavy atom. The predicted octanol–water partition coefficient (Wildman–Crippen LogP) is 5.16. The molecule has 3 heteroatoms. The monoisotopic (exact) mass is 307 g/mol. The van der Waals surface area contributed by atoms with E-state index in [4.69, 9.17) is 28.9 Å². The number of benzene rings is 2. The highest BCUT2D eigenvalue weighted by molar-refractivity contribution is 6.42. The molecular weight excluding hydrogens is 289 g/mol. The molecule has 0 amide bonds. The number of hydrogen-bond donors (Lipinski definition) is 1. The number of hydrogen-bond acceptors (Lipinski definition) is 1. The Bertz CT molecular complexity index is 612. The number of aryl methyl sites for hydroxylation is 3. The number of nitrogens with two attached hydrogens (primary N) is 1. The van der Waals surface area contributed by atoms with Crippen LogP contribution in [0, 0.1) is 20.8 Å². The van der Waals surface area contributed by atoms with E-state index in [0.29, 0.717) is 10.0 Å². The lowest BCUT2D eigenvalue weighted by Gasteiger charge is -2.18. The molecule has 0 radical (unpaired) electrons. The molecule has 20 heavy (non-hydrogen) atoms. The first-order valence-electron chi connectivity index (χ1n) is 6.66. The molecule has 2 N–H and O–H groups in total. The fraction of sp³-hybridized carbons (Fsp3) is 0.294. The molecule has 2 aromatic carbocycles. The van der Waals surface area contributed by atoms with E-state index >= 15 is 0 Å². The SMILES string of the molecule is Cc1cc(C)c(CC(N)c2cccc(Cl)c2Cl)c(C)c1. The van der Waals surface area contributed by atoms with E-state index in [2.05, 4.69) is 32.9 Å². The normalized spacial score (nSPS) is 12.5. The van der Waals surface area contributed by atoms with Gasteiger partial charge in [0.1, 0.15) is 0 Å². The Morgan fingerprint density at radius 3 is 2.25 bits per heavy atom. The Balaban J connectivity index is 2.33. The van der Waals surface area contributed by atoms with Crippen LogP contribution in [0.3, 0.4) is 0 Å². The van der Waals surface area contributed by atoms with Crippen LogP contribution < -0.4 is 5.73 Å². The van der Waals surface area contributed by atoms with Crippen molar-refractivity contribution in [3.8, 4) is 0 Å². The van der Waals surface area contributed by atoms with Gasteiger partial charge in [0.15, 0.2) is 0 Å². The summed E-state index contributed by atoms with van der Waals surface area (Å²) in [4.78, 5) is 0. The molecule has 1 unspecified atom stereocenters. The molecule has 0 bridgehead atoms. The third-order valence-corrected chi connectivity index (χ3v) is 4.48. The maximum Gasteiger partial charge on any atom is 0.0640 e. The quantitative estimate of drug-likeness (QED) is 0.832. The minimum absolute atomic E-state index is 0.152. The summed E-state index contributed by atoms with van der Waals surface area (Å²) in [6, 6.07) is 9.84. The third kappa shape index (κ3) is 3.17. The van der Waals surface area contributed by atoms with Crippen LogP contribution in [0.4, 0.5) is 0 Å². The van der Waals surface area contributed by atoms with Crippen molar-refractivity contribution >= 4 is 23.2 Å². The van der Waals surface area contributed by atoms with Gasteiger partial charge in [-0.05, 0) is 55.5 Å². The molecule has 106 valence electrons. The van der Waals surface area contributed by atoms with Crippen molar-refractivity contribution < 1.29 is 0 Å². The van der Waals surface area contributed by atoms with E-state index < -0.39 is 0 Å². The topological polar surface area (TPSA) is 26.0 Å². The Hall–Kier alpha value is -1.02. The smallest absolute Gasteiger partial charge is 0.0640 e. The van der Waals surface area contributed by atoms with Gasteiger partial charge >= 0.3 is 0 Å². The highest BCUT2D eigenvalue weighted by Gasteiger charge is 2.15. The zero-order chi connectivity index (χ0) is 14.9. The molecule has 0 aliphatic carbocycles. The van der Waals surface area contributed by atoms with E-state index in [-0.39, 0.29) is 6.04 Å². The summed E-state index contributed by atoms with van der Waals surface area (Å²) < 4.78 is 0. The molecule has 0 saturated heterocycles. The first kappa shape index (κ1) is 15.4. The molecule has 0 fully saturated rings. The van der Waals surface area contributed by atoms with Crippen molar-refractivity contribution in [2.75, 3.05) is 0 Å². The van der Waals surface area contributed by atoms with Crippen molar-refractivity contribution in [3.63, 3.8) is 0 Å². The highest BCUT2D eigenvalue weighted by atomic mass is 35.5. The van der Waals surface area contributed by atoms with Crippen LogP contribution in [0.15, 0.2) is 30.3 Å². The molecule has 0 saturated carbocycles. The second-order valence-corrected chi connectivity index (χ2v) is 6.12. The minimum atomic E-state index is -0.152. The molecule has 1 nitrogen and oxygen atoms in total. The van der Waals surface area contributed by atoms with Crippen LogP contribution in [0.5, 0.6) is 0 Å². The van der Waals surface area contributed by atoms with Crippen molar-refractivity contribution in [1.82, 2.24) is 0 Å². The summed E-state index contributed by atoms with van der Waals surface area (Å²) in [6.45, 7) is 6.36. The van der Waals surface area contributed by atoms with Crippen LogP contribution >= 0.6 is 23.2 Å². The van der Waals surface area contributed by atoms with Crippen LogP contribution in [-0.2, 0) is 6.42 Å². The third-order valence-electron chi connectivity index (χ3n) is 3.65. The zero-order valence-corrected chi connectivity index (χ0v) is 13.5. The van der Waals surface area contributed by atoms with Crippen LogP contribution in [-0.4, -0.2) is 0 Å². The lowest BCUT2D eigenvalue weighted by atomic mass is 9.92. The van der Waals surface area contributed by atoms with E-state index in [1.54, 1.807) is 6.07 Å². The molecule has 2 rings (SSSR count). The predicted molar refractivity (Wildman–Crippen MR) is 87.7 cm³/mol. The van der Waals surface area contributed by atoms with E-state index in [1.165, 1.54) is 22.3 Å². The molecular formula is C17H19Cl2N. The first-order valence-corrected chi connectivity index (χ1v) is 7.42. The van der Waals surface area contributed by atoms with Gasteiger partial charge in [0, 0.05) is 6.04 Å². The van der Waals surface area contributed by atoms with Gasteiger partial charge in [-0.2, -0.15) is 0 Å². The van der Waals surface area contributed by atoms with Gasteiger partial charge in [-0.3, -0.25) is 0 Å². The summed E-state index contributed by atoms with van der Waals surface area (Å²) in [7, 11) is 0. The lowest BCUT2D eigenvalue weighted by Crippen LogP contribution is -2.15. The average molecular weight is 308 g/mol. The summed E-state index contributed by atoms with van der Waals surface area (Å²) in [6.07, 6.45) is 0.762. The van der Waals surface area contributed by atoms with Crippen LogP contribution in [0.25, 0.3) is 0 Å². The van der Waals surface area contributed by atoms with E-state index in [9.17, 15) is 0 Å². The van der Waals surface area contributed by atoms with Gasteiger partial charge in [-0.15, -0.1) is 0 Å². The molecule has 2 aromatic rings. The molecule has 0 heterocycles. The molecule has 0 aliphatic rings. The van der Waals surface area contributed by atoms with Crippen molar-refractivity contribution in [2.24, 2.45) is 5.73 Å². The maximum atomic E-state index is 6.33.